The highest BCUT2D eigenvalue weighted by molar-refractivity contribution is 7.98. The fraction of sp³-hybridized carbons (Fsp3) is 0.222. The van der Waals surface area contributed by atoms with Crippen LogP contribution in [0.1, 0.15) is 24.3 Å². The maximum atomic E-state index is 12.1. The number of carbonyl (C=O) groups is 1. The van der Waals surface area contributed by atoms with Crippen molar-refractivity contribution >= 4 is 23.4 Å². The molecule has 0 bridgehead atoms. The van der Waals surface area contributed by atoms with Crippen LogP contribution in [0, 0.1) is 17.0 Å². The van der Waals surface area contributed by atoms with Gasteiger partial charge in [0, 0.05) is 30.0 Å². The Labute approximate surface area is 168 Å². The molecule has 2 aromatic heterocycles. The number of nitro benzene ring substituents is 1. The summed E-state index contributed by atoms with van der Waals surface area (Å²) in [5.41, 5.74) is 0.972. The minimum absolute atomic E-state index is 0.0441. The smallest absolute Gasteiger partial charge is 0.349 e. The van der Waals surface area contributed by atoms with Gasteiger partial charge in [-0.05, 0) is 19.4 Å². The van der Waals surface area contributed by atoms with Crippen molar-refractivity contribution in [3.05, 3.63) is 68.5 Å². The Morgan fingerprint density at radius 3 is 2.86 bits per heavy atom. The molecule has 0 aliphatic carbocycles. The van der Waals surface area contributed by atoms with Gasteiger partial charge >= 0.3 is 11.7 Å². The molecule has 0 saturated carbocycles. The van der Waals surface area contributed by atoms with E-state index in [0.717, 1.165) is 4.57 Å². The van der Waals surface area contributed by atoms with Crippen LogP contribution in [-0.2, 0) is 10.5 Å². The molecule has 0 aliphatic heterocycles. The Kier molecular flexibility index (Phi) is 5.78. The molecule has 3 rings (SSSR count). The summed E-state index contributed by atoms with van der Waals surface area (Å²) >= 11 is 1.25. The van der Waals surface area contributed by atoms with Gasteiger partial charge in [-0.3, -0.25) is 14.7 Å². The van der Waals surface area contributed by atoms with E-state index in [1.165, 1.54) is 37.0 Å². The van der Waals surface area contributed by atoms with E-state index in [1.807, 2.05) is 0 Å². The Balaban J connectivity index is 1.75. The maximum absolute atomic E-state index is 12.1. The van der Waals surface area contributed by atoms with Gasteiger partial charge in [-0.1, -0.05) is 29.1 Å². The SMILES string of the molecule is Cc1cn(C(C)C(=O)O)c(=O)nc1SCc1cc(-c2cccc([N+](=O)[O-])c2)no1. The lowest BCUT2D eigenvalue weighted by Crippen LogP contribution is -2.30. The molecule has 1 atom stereocenters. The monoisotopic (exact) mass is 416 g/mol. The second kappa shape index (κ2) is 8.27. The number of aromatic nitrogens is 3. The van der Waals surface area contributed by atoms with E-state index in [1.54, 1.807) is 25.1 Å². The molecule has 0 radical (unpaired) electrons. The molecule has 11 heteroatoms. The number of nitro groups is 1. The van der Waals surface area contributed by atoms with Crippen LogP contribution >= 0.6 is 11.8 Å². The van der Waals surface area contributed by atoms with Crippen molar-refractivity contribution in [1.82, 2.24) is 14.7 Å². The molecule has 2 heterocycles. The topological polar surface area (TPSA) is 141 Å². The molecule has 1 unspecified atom stereocenters. The molecule has 0 spiro atoms. The van der Waals surface area contributed by atoms with Gasteiger partial charge in [-0.15, -0.1) is 0 Å². The zero-order valence-electron chi connectivity index (χ0n) is 15.4. The van der Waals surface area contributed by atoms with E-state index in [-0.39, 0.29) is 5.69 Å². The first-order chi connectivity index (χ1) is 13.8. The van der Waals surface area contributed by atoms with Gasteiger partial charge in [0.2, 0.25) is 0 Å². The molecule has 3 aromatic rings. The van der Waals surface area contributed by atoms with Crippen LogP contribution in [0.15, 0.2) is 50.9 Å². The number of hydrogen-bond donors (Lipinski definition) is 1. The van der Waals surface area contributed by atoms with Crippen molar-refractivity contribution in [3.63, 3.8) is 0 Å². The largest absolute Gasteiger partial charge is 0.480 e. The van der Waals surface area contributed by atoms with Crippen molar-refractivity contribution in [2.75, 3.05) is 0 Å². The molecule has 10 nitrogen and oxygen atoms in total. The van der Waals surface area contributed by atoms with E-state index in [9.17, 15) is 19.7 Å². The van der Waals surface area contributed by atoms with Crippen molar-refractivity contribution in [2.45, 2.75) is 30.7 Å². The van der Waals surface area contributed by atoms with E-state index in [4.69, 9.17) is 9.63 Å². The third-order valence-corrected chi connectivity index (χ3v) is 5.24. The summed E-state index contributed by atoms with van der Waals surface area (Å²) in [6, 6.07) is 6.70. The van der Waals surface area contributed by atoms with Gasteiger partial charge in [0.05, 0.1) is 10.7 Å². The highest BCUT2D eigenvalue weighted by atomic mass is 32.2. The quantitative estimate of drug-likeness (QED) is 0.266. The van der Waals surface area contributed by atoms with Gasteiger partial charge in [0.1, 0.15) is 22.5 Å². The summed E-state index contributed by atoms with van der Waals surface area (Å²) in [5.74, 6) is -0.293. The molecule has 0 fully saturated rings. The molecular formula is C18H16N4O6S. The number of carboxylic acid groups (broad SMARTS) is 1. The average molecular weight is 416 g/mol. The normalized spacial score (nSPS) is 11.9. The summed E-state index contributed by atoms with van der Waals surface area (Å²) in [6.07, 6.45) is 1.46. The zero-order valence-corrected chi connectivity index (χ0v) is 16.3. The molecule has 0 amide bonds. The summed E-state index contributed by atoms with van der Waals surface area (Å²) < 4.78 is 6.34. The molecule has 29 heavy (non-hydrogen) atoms. The van der Waals surface area contributed by atoms with Crippen LogP contribution < -0.4 is 5.69 Å². The number of aliphatic carboxylic acids is 1. The van der Waals surface area contributed by atoms with E-state index < -0.39 is 22.6 Å². The fourth-order valence-electron chi connectivity index (χ4n) is 2.53. The van der Waals surface area contributed by atoms with E-state index in [2.05, 4.69) is 10.1 Å². The van der Waals surface area contributed by atoms with Crippen LogP contribution in [0.3, 0.4) is 0 Å². The predicted octanol–water partition coefficient (Wildman–Crippen LogP) is 3.05. The molecule has 1 aromatic carbocycles. The van der Waals surface area contributed by atoms with Gasteiger partial charge in [-0.25, -0.2) is 9.59 Å². The third-order valence-electron chi connectivity index (χ3n) is 4.13. The van der Waals surface area contributed by atoms with Gasteiger partial charge in [-0.2, -0.15) is 4.98 Å². The van der Waals surface area contributed by atoms with Crippen molar-refractivity contribution < 1.29 is 19.3 Å². The number of nitrogens with zero attached hydrogens (tertiary/aromatic N) is 4. The van der Waals surface area contributed by atoms with Gasteiger partial charge in [0.25, 0.3) is 5.69 Å². The van der Waals surface area contributed by atoms with Crippen LogP contribution in [0.4, 0.5) is 5.69 Å². The minimum atomic E-state index is -1.12. The lowest BCUT2D eigenvalue weighted by molar-refractivity contribution is -0.384. The number of carboxylic acids is 1. The molecule has 150 valence electrons. The number of rotatable bonds is 7. The first-order valence-corrected chi connectivity index (χ1v) is 9.40. The van der Waals surface area contributed by atoms with Crippen molar-refractivity contribution in [3.8, 4) is 11.3 Å². The number of non-ortho nitro benzene ring substituents is 1. The summed E-state index contributed by atoms with van der Waals surface area (Å²) in [7, 11) is 0. The Morgan fingerprint density at radius 1 is 1.41 bits per heavy atom. The highest BCUT2D eigenvalue weighted by Crippen LogP contribution is 2.27. The van der Waals surface area contributed by atoms with E-state index >= 15 is 0 Å². The first kappa shape index (κ1) is 20.3. The summed E-state index contributed by atoms with van der Waals surface area (Å²) in [5, 5.41) is 24.4. The first-order valence-electron chi connectivity index (χ1n) is 8.42. The minimum Gasteiger partial charge on any atom is -0.480 e. The highest BCUT2D eigenvalue weighted by Gasteiger charge is 2.17. The Bertz CT molecular complexity index is 1140. The molecular weight excluding hydrogens is 400 g/mol. The fourth-order valence-corrected chi connectivity index (χ4v) is 3.37. The Hall–Kier alpha value is -3.47. The number of benzene rings is 1. The van der Waals surface area contributed by atoms with E-state index in [0.29, 0.717) is 33.4 Å². The lowest BCUT2D eigenvalue weighted by atomic mass is 10.1. The summed E-state index contributed by atoms with van der Waals surface area (Å²) in [6.45, 7) is 3.14. The second-order valence-electron chi connectivity index (χ2n) is 6.21. The van der Waals surface area contributed by atoms with Gasteiger partial charge in [0.15, 0.2) is 0 Å². The molecule has 0 saturated heterocycles. The molecule has 0 aliphatic rings. The predicted molar refractivity (Wildman–Crippen MR) is 104 cm³/mol. The molecule has 1 N–H and O–H groups in total. The third kappa shape index (κ3) is 4.51. The standard InChI is InChI=1S/C18H16N4O6S/c1-10-8-21(11(2)17(23)24)18(25)19-16(10)29-9-14-7-15(20-28-14)12-4-3-5-13(6-12)22(26)27/h3-8,11H,9H2,1-2H3,(H,23,24). The number of thioether (sulfide) groups is 1. The average Bonchev–Trinajstić information content (AvgIpc) is 3.17. The second-order valence-corrected chi connectivity index (χ2v) is 7.17. The van der Waals surface area contributed by atoms with Gasteiger partial charge < -0.3 is 9.63 Å². The van der Waals surface area contributed by atoms with Crippen LogP contribution in [0.5, 0.6) is 0 Å². The maximum Gasteiger partial charge on any atom is 0.349 e. The van der Waals surface area contributed by atoms with Crippen molar-refractivity contribution in [2.24, 2.45) is 0 Å². The number of hydrogen-bond acceptors (Lipinski definition) is 8. The van der Waals surface area contributed by atoms with Crippen LogP contribution in [0.25, 0.3) is 11.3 Å². The lowest BCUT2D eigenvalue weighted by Gasteiger charge is -2.12. The number of aryl methyl sites for hydroxylation is 1. The van der Waals surface area contributed by atoms with Crippen molar-refractivity contribution in [1.29, 1.82) is 0 Å². The van der Waals surface area contributed by atoms with Crippen LogP contribution in [0.2, 0.25) is 0 Å². The Morgan fingerprint density at radius 2 is 2.17 bits per heavy atom. The summed E-state index contributed by atoms with van der Waals surface area (Å²) in [4.78, 5) is 37.6. The van der Waals surface area contributed by atoms with Crippen LogP contribution in [-0.4, -0.2) is 30.7 Å². The zero-order chi connectivity index (χ0) is 21.1.